The van der Waals surface area contributed by atoms with Crippen LogP contribution in [0, 0.1) is 0 Å². The highest BCUT2D eigenvalue weighted by molar-refractivity contribution is 5.97. The number of carboxylic acid groups (broad SMARTS) is 1. The van der Waals surface area contributed by atoms with Gasteiger partial charge in [-0.25, -0.2) is 4.79 Å². The first-order valence-electron chi connectivity index (χ1n) is 8.81. The number of fused-ring (bicyclic) bond motifs is 1. The smallest absolute Gasteiger partial charge is 0.326 e. The molecule has 0 spiro atoms. The topological polar surface area (TPSA) is 95.5 Å². The minimum atomic E-state index is -1.10. The van der Waals surface area contributed by atoms with Crippen molar-refractivity contribution in [2.24, 2.45) is 0 Å². The third kappa shape index (κ3) is 4.73. The average Bonchev–Trinajstić information content (AvgIpc) is 2.67. The van der Waals surface area contributed by atoms with E-state index in [0.29, 0.717) is 11.3 Å². The Morgan fingerprint density at radius 3 is 2.25 bits per heavy atom. The fraction of sp³-hybridized carbons (Fsp3) is 0.136. The van der Waals surface area contributed by atoms with Crippen LogP contribution in [0.4, 0.5) is 5.69 Å². The van der Waals surface area contributed by atoms with Gasteiger partial charge in [0.05, 0.1) is 0 Å². The molecule has 0 heterocycles. The Kier molecular flexibility index (Phi) is 5.69. The summed E-state index contributed by atoms with van der Waals surface area (Å²) in [6, 6.07) is 18.8. The van der Waals surface area contributed by atoms with Crippen molar-refractivity contribution >= 4 is 34.2 Å². The van der Waals surface area contributed by atoms with Crippen LogP contribution in [0.1, 0.15) is 22.8 Å². The Labute approximate surface area is 162 Å². The molecule has 3 rings (SSSR count). The Bertz CT molecular complexity index is 1030. The van der Waals surface area contributed by atoms with Gasteiger partial charge >= 0.3 is 5.97 Å². The first-order valence-corrected chi connectivity index (χ1v) is 8.81. The van der Waals surface area contributed by atoms with Gasteiger partial charge < -0.3 is 15.7 Å². The fourth-order valence-corrected chi connectivity index (χ4v) is 2.95. The summed E-state index contributed by atoms with van der Waals surface area (Å²) in [5.74, 6) is -1.79. The number of nitrogens with one attached hydrogen (secondary N) is 2. The van der Waals surface area contributed by atoms with Crippen molar-refractivity contribution in [3.63, 3.8) is 0 Å². The molecule has 2 amide bonds. The SMILES string of the molecule is CC(=O)Nc1ccc(C(=O)N[C@@H](Cc2ccc3ccccc3c2)C(=O)O)cc1. The van der Waals surface area contributed by atoms with Gasteiger partial charge in [0.1, 0.15) is 6.04 Å². The molecule has 0 saturated carbocycles. The highest BCUT2D eigenvalue weighted by Gasteiger charge is 2.21. The number of carbonyl (C=O) groups excluding carboxylic acids is 2. The van der Waals surface area contributed by atoms with Gasteiger partial charge in [-0.2, -0.15) is 0 Å². The van der Waals surface area contributed by atoms with E-state index in [0.717, 1.165) is 16.3 Å². The molecule has 0 aliphatic carbocycles. The van der Waals surface area contributed by atoms with Gasteiger partial charge in [0.25, 0.3) is 5.91 Å². The Morgan fingerprint density at radius 1 is 0.929 bits per heavy atom. The van der Waals surface area contributed by atoms with Crippen LogP contribution in [0.5, 0.6) is 0 Å². The predicted octanol–water partition coefficient (Wildman–Crippen LogP) is 3.22. The van der Waals surface area contributed by atoms with Crippen LogP contribution in [-0.4, -0.2) is 28.9 Å². The van der Waals surface area contributed by atoms with Gasteiger partial charge in [0, 0.05) is 24.6 Å². The van der Waals surface area contributed by atoms with Crippen LogP contribution in [0.3, 0.4) is 0 Å². The van der Waals surface area contributed by atoms with Crippen LogP contribution in [0.15, 0.2) is 66.7 Å². The summed E-state index contributed by atoms with van der Waals surface area (Å²) in [6.45, 7) is 1.39. The normalized spacial score (nSPS) is 11.6. The number of anilines is 1. The van der Waals surface area contributed by atoms with Crippen LogP contribution in [-0.2, 0) is 16.0 Å². The maximum atomic E-state index is 12.4. The number of rotatable bonds is 6. The van der Waals surface area contributed by atoms with Crippen molar-refractivity contribution in [1.29, 1.82) is 0 Å². The van der Waals surface area contributed by atoms with Crippen molar-refractivity contribution in [2.75, 3.05) is 5.32 Å². The molecule has 0 aliphatic rings. The van der Waals surface area contributed by atoms with Gasteiger partial charge in [-0.3, -0.25) is 9.59 Å². The first-order chi connectivity index (χ1) is 13.4. The summed E-state index contributed by atoms with van der Waals surface area (Å²) < 4.78 is 0. The molecule has 3 N–H and O–H groups in total. The monoisotopic (exact) mass is 376 g/mol. The van der Waals surface area contributed by atoms with E-state index < -0.39 is 17.9 Å². The van der Waals surface area contributed by atoms with Crippen LogP contribution >= 0.6 is 0 Å². The number of carboxylic acids is 1. The van der Waals surface area contributed by atoms with E-state index in [-0.39, 0.29) is 12.3 Å². The van der Waals surface area contributed by atoms with Crippen molar-refractivity contribution in [1.82, 2.24) is 5.32 Å². The highest BCUT2D eigenvalue weighted by Crippen LogP contribution is 2.17. The Balaban J connectivity index is 1.72. The maximum absolute atomic E-state index is 12.4. The third-order valence-corrected chi connectivity index (χ3v) is 4.32. The first kappa shape index (κ1) is 19.1. The lowest BCUT2D eigenvalue weighted by Gasteiger charge is -2.15. The molecule has 0 bridgehead atoms. The van der Waals surface area contributed by atoms with Gasteiger partial charge in [0.2, 0.25) is 5.91 Å². The molecular formula is C22H20N2O4. The molecule has 6 heteroatoms. The zero-order valence-corrected chi connectivity index (χ0v) is 15.3. The summed E-state index contributed by atoms with van der Waals surface area (Å²) in [7, 11) is 0. The number of carbonyl (C=O) groups is 3. The van der Waals surface area contributed by atoms with Crippen LogP contribution < -0.4 is 10.6 Å². The number of hydrogen-bond acceptors (Lipinski definition) is 3. The highest BCUT2D eigenvalue weighted by atomic mass is 16.4. The summed E-state index contributed by atoms with van der Waals surface area (Å²) in [5, 5.41) is 16.8. The van der Waals surface area contributed by atoms with Crippen molar-refractivity contribution in [3.05, 3.63) is 77.9 Å². The molecule has 3 aromatic carbocycles. The fourth-order valence-electron chi connectivity index (χ4n) is 2.95. The minimum absolute atomic E-state index is 0.176. The number of benzene rings is 3. The van der Waals surface area contributed by atoms with E-state index in [9.17, 15) is 19.5 Å². The lowest BCUT2D eigenvalue weighted by molar-refractivity contribution is -0.139. The summed E-state index contributed by atoms with van der Waals surface area (Å²) >= 11 is 0. The lowest BCUT2D eigenvalue weighted by atomic mass is 10.0. The molecule has 1 atom stereocenters. The molecule has 0 aliphatic heterocycles. The number of amides is 2. The van der Waals surface area contributed by atoms with Crippen LogP contribution in [0.25, 0.3) is 10.8 Å². The molecule has 0 unspecified atom stereocenters. The van der Waals surface area contributed by atoms with E-state index in [2.05, 4.69) is 10.6 Å². The van der Waals surface area contributed by atoms with E-state index in [1.54, 1.807) is 12.1 Å². The second-order valence-corrected chi connectivity index (χ2v) is 6.51. The molecule has 0 saturated heterocycles. The zero-order chi connectivity index (χ0) is 20.1. The van der Waals surface area contributed by atoms with Gasteiger partial charge in [-0.15, -0.1) is 0 Å². The predicted molar refractivity (Wildman–Crippen MR) is 107 cm³/mol. The van der Waals surface area contributed by atoms with Crippen molar-refractivity contribution in [2.45, 2.75) is 19.4 Å². The number of hydrogen-bond donors (Lipinski definition) is 3. The Hall–Kier alpha value is -3.67. The van der Waals surface area contributed by atoms with Gasteiger partial charge in [-0.05, 0) is 40.6 Å². The molecular weight excluding hydrogens is 356 g/mol. The van der Waals surface area contributed by atoms with E-state index in [1.165, 1.54) is 19.1 Å². The summed E-state index contributed by atoms with van der Waals surface area (Å²) in [4.78, 5) is 35.1. The quantitative estimate of drug-likeness (QED) is 0.615. The molecule has 0 fully saturated rings. The number of aliphatic carboxylic acids is 1. The molecule has 28 heavy (non-hydrogen) atoms. The molecule has 3 aromatic rings. The average molecular weight is 376 g/mol. The summed E-state index contributed by atoms with van der Waals surface area (Å²) in [5.41, 5.74) is 1.71. The van der Waals surface area contributed by atoms with Crippen molar-refractivity contribution in [3.8, 4) is 0 Å². The minimum Gasteiger partial charge on any atom is -0.480 e. The second-order valence-electron chi connectivity index (χ2n) is 6.51. The van der Waals surface area contributed by atoms with Gasteiger partial charge in [0.15, 0.2) is 0 Å². The van der Waals surface area contributed by atoms with Crippen molar-refractivity contribution < 1.29 is 19.5 Å². The van der Waals surface area contributed by atoms with E-state index in [4.69, 9.17) is 0 Å². The largest absolute Gasteiger partial charge is 0.480 e. The zero-order valence-electron chi connectivity index (χ0n) is 15.3. The molecule has 0 aromatic heterocycles. The second kappa shape index (κ2) is 8.35. The van der Waals surface area contributed by atoms with Gasteiger partial charge in [-0.1, -0.05) is 42.5 Å². The van der Waals surface area contributed by atoms with E-state index >= 15 is 0 Å². The lowest BCUT2D eigenvalue weighted by Crippen LogP contribution is -2.42. The molecule has 6 nitrogen and oxygen atoms in total. The van der Waals surface area contributed by atoms with E-state index in [1.807, 2.05) is 42.5 Å². The summed E-state index contributed by atoms with van der Waals surface area (Å²) in [6.07, 6.45) is 0.176. The molecule has 142 valence electrons. The van der Waals surface area contributed by atoms with Crippen LogP contribution in [0.2, 0.25) is 0 Å². The Morgan fingerprint density at radius 2 is 1.61 bits per heavy atom. The third-order valence-electron chi connectivity index (χ3n) is 4.32. The maximum Gasteiger partial charge on any atom is 0.326 e. The standard InChI is InChI=1S/C22H20N2O4/c1-14(25)23-19-10-8-17(9-11-19)21(26)24-20(22(27)28)13-15-6-7-16-4-2-3-5-18(16)12-15/h2-12,20H,13H2,1H3,(H,23,25)(H,24,26)(H,27,28)/t20-/m0/s1. The molecule has 0 radical (unpaired) electrons.